The summed E-state index contributed by atoms with van der Waals surface area (Å²) in [5, 5.41) is 0. The van der Waals surface area contributed by atoms with E-state index >= 15 is 0 Å². The summed E-state index contributed by atoms with van der Waals surface area (Å²) >= 11 is 0. The third-order valence-corrected chi connectivity index (χ3v) is 3.49. The zero-order chi connectivity index (χ0) is 15.0. The van der Waals surface area contributed by atoms with E-state index in [9.17, 15) is 9.59 Å². The quantitative estimate of drug-likeness (QED) is 0.811. The van der Waals surface area contributed by atoms with Crippen molar-refractivity contribution >= 4 is 23.6 Å². The average molecular weight is 279 g/mol. The second-order valence-electron chi connectivity index (χ2n) is 4.62. The van der Waals surface area contributed by atoms with E-state index in [4.69, 9.17) is 4.74 Å². The number of rotatable bonds is 3. The zero-order valence-electron chi connectivity index (χ0n) is 11.5. The molecule has 104 valence electrons. The Morgan fingerprint density at radius 1 is 1.05 bits per heavy atom. The van der Waals surface area contributed by atoms with E-state index in [2.05, 4.69) is 6.58 Å². The molecule has 2 amide bonds. The van der Waals surface area contributed by atoms with Crippen LogP contribution in [0, 0.1) is 0 Å². The lowest BCUT2D eigenvalue weighted by atomic mass is 10.1. The maximum absolute atomic E-state index is 12.5. The number of imide groups is 1. The number of amides is 2. The molecule has 0 N–H and O–H groups in total. The second kappa shape index (κ2) is 4.90. The number of methoxy groups -OCH3 is 1. The van der Waals surface area contributed by atoms with Gasteiger partial charge in [0.2, 0.25) is 0 Å². The molecule has 0 saturated heterocycles. The predicted octanol–water partition coefficient (Wildman–Crippen LogP) is 3.14. The maximum atomic E-state index is 12.5. The lowest BCUT2D eigenvalue weighted by Gasteiger charge is -2.17. The first-order valence-electron chi connectivity index (χ1n) is 6.45. The van der Waals surface area contributed by atoms with Gasteiger partial charge in [-0.05, 0) is 30.3 Å². The number of anilines is 1. The van der Waals surface area contributed by atoms with E-state index in [1.54, 1.807) is 55.7 Å². The molecule has 2 aromatic carbocycles. The largest absolute Gasteiger partial charge is 0.497 e. The average Bonchev–Trinajstić information content (AvgIpc) is 2.79. The highest BCUT2D eigenvalue weighted by Gasteiger charge is 2.37. The Labute approximate surface area is 122 Å². The summed E-state index contributed by atoms with van der Waals surface area (Å²) in [6, 6.07) is 12.0. The van der Waals surface area contributed by atoms with Crippen molar-refractivity contribution in [3.8, 4) is 5.75 Å². The molecule has 0 saturated carbocycles. The molecule has 4 heteroatoms. The highest BCUT2D eigenvalue weighted by Crippen LogP contribution is 2.33. The molecule has 0 radical (unpaired) electrons. The molecule has 1 heterocycles. The van der Waals surface area contributed by atoms with Crippen molar-refractivity contribution in [2.24, 2.45) is 0 Å². The van der Waals surface area contributed by atoms with Gasteiger partial charge < -0.3 is 4.74 Å². The van der Waals surface area contributed by atoms with Crippen LogP contribution in [-0.4, -0.2) is 18.9 Å². The van der Waals surface area contributed by atoms with Crippen molar-refractivity contribution in [3.63, 3.8) is 0 Å². The normalized spacial score (nSPS) is 13.3. The topological polar surface area (TPSA) is 46.6 Å². The number of hydrogen-bond donors (Lipinski definition) is 0. The van der Waals surface area contributed by atoms with E-state index in [-0.39, 0.29) is 11.8 Å². The van der Waals surface area contributed by atoms with Crippen LogP contribution in [0.2, 0.25) is 0 Å². The van der Waals surface area contributed by atoms with Crippen LogP contribution in [0.15, 0.2) is 49.0 Å². The molecule has 1 aliphatic rings. The van der Waals surface area contributed by atoms with Gasteiger partial charge in [0.25, 0.3) is 11.8 Å². The number of carbonyl (C=O) groups excluding carboxylic acids is 2. The summed E-state index contributed by atoms with van der Waals surface area (Å²) in [6.07, 6.45) is 1.60. The summed E-state index contributed by atoms with van der Waals surface area (Å²) in [6.45, 7) is 3.73. The van der Waals surface area contributed by atoms with E-state index < -0.39 is 0 Å². The maximum Gasteiger partial charge on any atom is 0.266 e. The summed E-state index contributed by atoms with van der Waals surface area (Å²) in [7, 11) is 1.56. The van der Waals surface area contributed by atoms with Gasteiger partial charge in [-0.15, -0.1) is 0 Å². The van der Waals surface area contributed by atoms with Crippen molar-refractivity contribution in [1.82, 2.24) is 0 Å². The molecule has 0 aromatic heterocycles. The number of hydrogen-bond acceptors (Lipinski definition) is 3. The number of fused-ring (bicyclic) bond motifs is 1. The van der Waals surface area contributed by atoms with Crippen LogP contribution >= 0.6 is 0 Å². The van der Waals surface area contributed by atoms with Gasteiger partial charge >= 0.3 is 0 Å². The number of ether oxygens (including phenoxy) is 1. The molecule has 0 unspecified atom stereocenters. The molecule has 0 spiro atoms. The van der Waals surface area contributed by atoms with Crippen LogP contribution in [0.3, 0.4) is 0 Å². The molecule has 0 atom stereocenters. The standard InChI is InChI=1S/C17H13NO3/c1-3-11-10-12(21-2)8-9-15(11)18-16(19)13-6-4-5-7-14(13)17(18)20/h3-10H,1H2,2H3. The van der Waals surface area contributed by atoms with Gasteiger partial charge in [0, 0.05) is 5.56 Å². The molecule has 0 fully saturated rings. The van der Waals surface area contributed by atoms with E-state index in [1.165, 1.54) is 4.90 Å². The smallest absolute Gasteiger partial charge is 0.266 e. The molecule has 0 aliphatic carbocycles. The van der Waals surface area contributed by atoms with Crippen LogP contribution in [0.5, 0.6) is 5.75 Å². The van der Waals surface area contributed by atoms with Crippen LogP contribution < -0.4 is 9.64 Å². The Hall–Kier alpha value is -2.88. The molecular formula is C17H13NO3. The monoisotopic (exact) mass is 279 g/mol. The Kier molecular flexibility index (Phi) is 3.06. The Morgan fingerprint density at radius 3 is 2.19 bits per heavy atom. The van der Waals surface area contributed by atoms with Crippen molar-refractivity contribution in [2.45, 2.75) is 0 Å². The number of benzene rings is 2. The predicted molar refractivity (Wildman–Crippen MR) is 80.7 cm³/mol. The van der Waals surface area contributed by atoms with Crippen LogP contribution in [-0.2, 0) is 0 Å². The summed E-state index contributed by atoms with van der Waals surface area (Å²) < 4.78 is 5.15. The Bertz CT molecular complexity index is 729. The van der Waals surface area contributed by atoms with Gasteiger partial charge in [-0.2, -0.15) is 0 Å². The van der Waals surface area contributed by atoms with Crippen LogP contribution in [0.4, 0.5) is 5.69 Å². The first-order valence-corrected chi connectivity index (χ1v) is 6.45. The summed E-state index contributed by atoms with van der Waals surface area (Å²) in [5.41, 5.74) is 2.03. The van der Waals surface area contributed by atoms with Crippen LogP contribution in [0.1, 0.15) is 26.3 Å². The molecule has 0 bridgehead atoms. The van der Waals surface area contributed by atoms with E-state index in [1.807, 2.05) is 0 Å². The number of nitrogens with zero attached hydrogens (tertiary/aromatic N) is 1. The minimum Gasteiger partial charge on any atom is -0.497 e. The summed E-state index contributed by atoms with van der Waals surface area (Å²) in [4.78, 5) is 26.1. The Morgan fingerprint density at radius 2 is 1.67 bits per heavy atom. The minimum atomic E-state index is -0.316. The molecule has 2 aromatic rings. The van der Waals surface area contributed by atoms with Gasteiger partial charge in [0.1, 0.15) is 5.75 Å². The minimum absolute atomic E-state index is 0.316. The van der Waals surface area contributed by atoms with Crippen molar-refractivity contribution in [2.75, 3.05) is 12.0 Å². The fourth-order valence-corrected chi connectivity index (χ4v) is 2.43. The van der Waals surface area contributed by atoms with Gasteiger partial charge in [0.15, 0.2) is 0 Å². The third kappa shape index (κ3) is 1.92. The van der Waals surface area contributed by atoms with Crippen molar-refractivity contribution < 1.29 is 14.3 Å². The molecular weight excluding hydrogens is 266 g/mol. The Balaban J connectivity index is 2.13. The lowest BCUT2D eigenvalue weighted by molar-refractivity contribution is 0.0926. The van der Waals surface area contributed by atoms with E-state index in [0.29, 0.717) is 28.1 Å². The SMILES string of the molecule is C=Cc1cc(OC)ccc1N1C(=O)c2ccccc2C1=O. The first-order chi connectivity index (χ1) is 10.2. The highest BCUT2D eigenvalue weighted by atomic mass is 16.5. The van der Waals surface area contributed by atoms with Crippen molar-refractivity contribution in [3.05, 3.63) is 65.7 Å². The summed E-state index contributed by atoms with van der Waals surface area (Å²) in [5.74, 6) is 0.0120. The first kappa shape index (κ1) is 13.1. The molecule has 1 aliphatic heterocycles. The highest BCUT2D eigenvalue weighted by molar-refractivity contribution is 6.34. The van der Waals surface area contributed by atoms with E-state index in [0.717, 1.165) is 0 Å². The molecule has 4 nitrogen and oxygen atoms in total. The zero-order valence-corrected chi connectivity index (χ0v) is 11.5. The van der Waals surface area contributed by atoms with Crippen LogP contribution in [0.25, 0.3) is 6.08 Å². The third-order valence-electron chi connectivity index (χ3n) is 3.49. The fraction of sp³-hybridized carbons (Fsp3) is 0.0588. The fourth-order valence-electron chi connectivity index (χ4n) is 2.43. The van der Waals surface area contributed by atoms with Gasteiger partial charge in [0.05, 0.1) is 23.9 Å². The van der Waals surface area contributed by atoms with Crippen molar-refractivity contribution in [1.29, 1.82) is 0 Å². The molecule has 3 rings (SSSR count). The van der Waals surface area contributed by atoms with Gasteiger partial charge in [-0.3, -0.25) is 9.59 Å². The van der Waals surface area contributed by atoms with Gasteiger partial charge in [-0.1, -0.05) is 24.8 Å². The number of carbonyl (C=O) groups is 2. The second-order valence-corrected chi connectivity index (χ2v) is 4.62. The lowest BCUT2D eigenvalue weighted by Crippen LogP contribution is -2.30. The van der Waals surface area contributed by atoms with Gasteiger partial charge in [-0.25, -0.2) is 4.90 Å². The molecule has 21 heavy (non-hydrogen) atoms.